The molecule has 72 valence electrons. The quantitative estimate of drug-likeness (QED) is 0.600. The van der Waals surface area contributed by atoms with Gasteiger partial charge in [-0.1, -0.05) is 0 Å². The average molecular weight is 204 g/mol. The summed E-state index contributed by atoms with van der Waals surface area (Å²) in [5.41, 5.74) is 0. The minimum atomic E-state index is -4.44. The number of hydrogen-bond acceptors (Lipinski definition) is 3. The topological polar surface area (TPSA) is 43.4 Å². The minimum absolute atomic E-state index is 0.0676. The number of hydrogen-bond donors (Lipinski definition) is 0. The number of halogens is 3. The van der Waals surface area contributed by atoms with Gasteiger partial charge in [-0.25, -0.2) is 0 Å². The molecule has 0 radical (unpaired) electrons. The molecule has 1 fully saturated rings. The van der Waals surface area contributed by atoms with Crippen LogP contribution in [0.25, 0.3) is 0 Å². The van der Waals surface area contributed by atoms with Gasteiger partial charge in [0.25, 0.3) is 10.1 Å². The Balaban J connectivity index is 2.66. The van der Waals surface area contributed by atoms with Crippen LogP contribution in [0.3, 0.4) is 0 Å². The zero-order valence-corrected chi connectivity index (χ0v) is 6.78. The van der Waals surface area contributed by atoms with Crippen molar-refractivity contribution in [2.45, 2.75) is 24.3 Å². The van der Waals surface area contributed by atoms with Crippen LogP contribution in [0.4, 0.5) is 13.2 Å². The van der Waals surface area contributed by atoms with E-state index in [9.17, 15) is 21.6 Å². The van der Waals surface area contributed by atoms with Gasteiger partial charge in [0.1, 0.15) is 0 Å². The van der Waals surface area contributed by atoms with E-state index in [-0.39, 0.29) is 13.0 Å². The van der Waals surface area contributed by atoms with Gasteiger partial charge in [-0.2, -0.15) is 21.6 Å². The van der Waals surface area contributed by atoms with Gasteiger partial charge in [0.15, 0.2) is 0 Å². The lowest BCUT2D eigenvalue weighted by molar-refractivity contribution is -0.134. The minimum Gasteiger partial charge on any atom is -0.270 e. The molecule has 0 saturated carbocycles. The fraction of sp³-hybridized carbons (Fsp3) is 1.00. The molecule has 0 bridgehead atoms. The Morgan fingerprint density at radius 1 is 1.42 bits per heavy atom. The van der Waals surface area contributed by atoms with Crippen molar-refractivity contribution >= 4 is 10.1 Å². The molecule has 1 aliphatic heterocycles. The van der Waals surface area contributed by atoms with Gasteiger partial charge < -0.3 is 0 Å². The van der Waals surface area contributed by atoms with Crippen molar-refractivity contribution in [3.8, 4) is 0 Å². The third kappa shape index (κ3) is 2.34. The van der Waals surface area contributed by atoms with Crippen molar-refractivity contribution in [1.29, 1.82) is 0 Å². The van der Waals surface area contributed by atoms with Crippen molar-refractivity contribution < 1.29 is 25.8 Å². The van der Waals surface area contributed by atoms with Crippen LogP contribution in [0.1, 0.15) is 12.8 Å². The zero-order valence-electron chi connectivity index (χ0n) is 5.97. The van der Waals surface area contributed by atoms with Crippen molar-refractivity contribution in [2.75, 3.05) is 6.61 Å². The molecule has 1 heterocycles. The van der Waals surface area contributed by atoms with E-state index in [0.717, 1.165) is 0 Å². The molecule has 1 rings (SSSR count). The molecule has 12 heavy (non-hydrogen) atoms. The Morgan fingerprint density at radius 2 is 2.00 bits per heavy atom. The van der Waals surface area contributed by atoms with Crippen molar-refractivity contribution in [3.63, 3.8) is 0 Å². The van der Waals surface area contributed by atoms with Crippen molar-refractivity contribution in [2.24, 2.45) is 0 Å². The molecule has 0 aliphatic carbocycles. The Kier molecular flexibility index (Phi) is 2.35. The summed E-state index contributed by atoms with van der Waals surface area (Å²) >= 11 is 0. The van der Waals surface area contributed by atoms with Crippen molar-refractivity contribution in [1.82, 2.24) is 0 Å². The highest BCUT2D eigenvalue weighted by atomic mass is 32.2. The summed E-state index contributed by atoms with van der Waals surface area (Å²) in [4.78, 5) is 0. The van der Waals surface area contributed by atoms with Crippen LogP contribution in [0, 0.1) is 0 Å². The van der Waals surface area contributed by atoms with E-state index in [1.807, 2.05) is 0 Å². The molecule has 0 amide bonds. The smallest absolute Gasteiger partial charge is 0.270 e. The SMILES string of the molecule is O=S1(=O)OCCC1CC(F)(F)F. The lowest BCUT2D eigenvalue weighted by Crippen LogP contribution is -2.23. The first-order chi connectivity index (χ1) is 5.31. The highest BCUT2D eigenvalue weighted by Crippen LogP contribution is 2.30. The highest BCUT2D eigenvalue weighted by molar-refractivity contribution is 7.87. The van der Waals surface area contributed by atoms with Gasteiger partial charge in [-0.05, 0) is 6.42 Å². The lowest BCUT2D eigenvalue weighted by Gasteiger charge is -2.09. The second-order valence-corrected chi connectivity index (χ2v) is 4.43. The van der Waals surface area contributed by atoms with E-state index in [2.05, 4.69) is 4.18 Å². The zero-order chi connectivity index (χ0) is 9.41. The van der Waals surface area contributed by atoms with Gasteiger partial charge in [0.05, 0.1) is 18.3 Å². The lowest BCUT2D eigenvalue weighted by atomic mass is 10.2. The van der Waals surface area contributed by atoms with Crippen LogP contribution in [0.15, 0.2) is 0 Å². The summed E-state index contributed by atoms with van der Waals surface area (Å²) in [6.45, 7) is -0.136. The predicted octanol–water partition coefficient (Wildman–Crippen LogP) is 1.06. The summed E-state index contributed by atoms with van der Waals surface area (Å²) < 4.78 is 60.8. The predicted molar refractivity (Wildman–Crippen MR) is 33.9 cm³/mol. The molecule has 1 aliphatic rings. The first kappa shape index (κ1) is 9.79. The van der Waals surface area contributed by atoms with Crippen LogP contribution >= 0.6 is 0 Å². The van der Waals surface area contributed by atoms with E-state index in [0.29, 0.717) is 0 Å². The molecule has 1 unspecified atom stereocenters. The van der Waals surface area contributed by atoms with Gasteiger partial charge in [-0.15, -0.1) is 0 Å². The Bertz CT molecular complexity index is 256. The Labute approximate surface area is 67.6 Å². The molecule has 3 nitrogen and oxygen atoms in total. The third-order valence-corrected chi connectivity index (χ3v) is 3.27. The van der Waals surface area contributed by atoms with E-state index < -0.39 is 28.0 Å². The summed E-state index contributed by atoms with van der Waals surface area (Å²) in [5, 5.41) is -1.41. The maximum Gasteiger partial charge on any atom is 0.390 e. The van der Waals surface area contributed by atoms with Crippen molar-refractivity contribution in [3.05, 3.63) is 0 Å². The Hall–Kier alpha value is -0.300. The van der Waals surface area contributed by atoms with E-state index in [4.69, 9.17) is 0 Å². The molecule has 7 heteroatoms. The molecular formula is C5H7F3O3S. The van der Waals surface area contributed by atoms with Gasteiger partial charge >= 0.3 is 6.18 Å². The van der Waals surface area contributed by atoms with Gasteiger partial charge in [-0.3, -0.25) is 4.18 Å². The summed E-state index contributed by atoms with van der Waals surface area (Å²) in [6.07, 6.45) is -5.82. The number of alkyl halides is 3. The van der Waals surface area contributed by atoms with Crippen LogP contribution in [-0.2, 0) is 14.3 Å². The molecule has 0 aromatic carbocycles. The summed E-state index contributed by atoms with van der Waals surface area (Å²) in [6, 6.07) is 0. The fourth-order valence-electron chi connectivity index (χ4n) is 0.999. The van der Waals surface area contributed by atoms with Gasteiger partial charge in [0, 0.05) is 0 Å². The van der Waals surface area contributed by atoms with Gasteiger partial charge in [0.2, 0.25) is 0 Å². The maximum atomic E-state index is 11.7. The molecular weight excluding hydrogens is 197 g/mol. The first-order valence-electron chi connectivity index (χ1n) is 3.26. The molecule has 0 N–H and O–H groups in total. The van der Waals surface area contributed by atoms with E-state index in [1.165, 1.54) is 0 Å². The fourth-order valence-corrected chi connectivity index (χ4v) is 2.30. The van der Waals surface area contributed by atoms with E-state index in [1.54, 1.807) is 0 Å². The van der Waals surface area contributed by atoms with E-state index >= 15 is 0 Å². The Morgan fingerprint density at radius 3 is 2.33 bits per heavy atom. The second kappa shape index (κ2) is 2.88. The average Bonchev–Trinajstić information content (AvgIpc) is 2.07. The highest BCUT2D eigenvalue weighted by Gasteiger charge is 2.41. The third-order valence-electron chi connectivity index (χ3n) is 1.55. The maximum absolute atomic E-state index is 11.7. The molecule has 0 aromatic rings. The van der Waals surface area contributed by atoms with Crippen LogP contribution < -0.4 is 0 Å². The summed E-state index contributed by atoms with van der Waals surface area (Å²) in [5.74, 6) is 0. The standard InChI is InChI=1S/C5H7F3O3S/c6-5(7,8)3-4-1-2-11-12(4,9)10/h4H,1-3H2. The monoisotopic (exact) mass is 204 g/mol. The number of rotatable bonds is 1. The molecule has 0 spiro atoms. The van der Waals surface area contributed by atoms with Crippen LogP contribution in [-0.4, -0.2) is 26.5 Å². The molecule has 1 saturated heterocycles. The van der Waals surface area contributed by atoms with Crippen LogP contribution in [0.5, 0.6) is 0 Å². The largest absolute Gasteiger partial charge is 0.390 e. The normalized spacial score (nSPS) is 29.1. The first-order valence-corrected chi connectivity index (χ1v) is 4.73. The van der Waals surface area contributed by atoms with Crippen LogP contribution in [0.2, 0.25) is 0 Å². The molecule has 1 atom stereocenters. The second-order valence-electron chi connectivity index (χ2n) is 2.54. The molecule has 0 aromatic heterocycles. The summed E-state index contributed by atoms with van der Waals surface area (Å²) in [7, 11) is -3.94.